The van der Waals surface area contributed by atoms with Crippen molar-refractivity contribution >= 4 is 0 Å². The van der Waals surface area contributed by atoms with Crippen LogP contribution in [0.4, 0.5) is 0 Å². The lowest BCUT2D eigenvalue weighted by Crippen LogP contribution is -2.57. The molecule has 21 heavy (non-hydrogen) atoms. The summed E-state index contributed by atoms with van der Waals surface area (Å²) in [5.41, 5.74) is -0.251. The second-order valence-corrected chi connectivity index (χ2v) is 7.47. The summed E-state index contributed by atoms with van der Waals surface area (Å²) in [6.45, 7) is 4.31. The van der Waals surface area contributed by atoms with E-state index in [1.807, 2.05) is 0 Å². The van der Waals surface area contributed by atoms with E-state index in [0.29, 0.717) is 6.04 Å². The molecule has 0 bridgehead atoms. The summed E-state index contributed by atoms with van der Waals surface area (Å²) in [5.74, 6) is 0.949. The van der Waals surface area contributed by atoms with Crippen molar-refractivity contribution in [2.24, 2.45) is 5.92 Å². The van der Waals surface area contributed by atoms with E-state index in [4.69, 9.17) is 0 Å². The maximum atomic E-state index is 9.69. The highest BCUT2D eigenvalue weighted by atomic mass is 15.2. The van der Waals surface area contributed by atoms with Crippen LogP contribution in [0.2, 0.25) is 0 Å². The van der Waals surface area contributed by atoms with Crippen LogP contribution in [-0.4, -0.2) is 35.6 Å². The van der Waals surface area contributed by atoms with Gasteiger partial charge in [-0.3, -0.25) is 10.2 Å². The van der Waals surface area contributed by atoms with Gasteiger partial charge in [0.2, 0.25) is 0 Å². The Hall–Kier alpha value is -0.590. The Morgan fingerprint density at radius 2 is 1.95 bits per heavy atom. The third-order valence-corrected chi connectivity index (χ3v) is 6.21. The number of rotatable bonds is 3. The summed E-state index contributed by atoms with van der Waals surface area (Å²) >= 11 is 0. The average molecular weight is 289 g/mol. The normalized spacial score (nSPS) is 41.2. The van der Waals surface area contributed by atoms with Crippen molar-refractivity contribution in [3.63, 3.8) is 0 Å². The summed E-state index contributed by atoms with van der Waals surface area (Å²) in [6.07, 6.45) is 13.1. The first-order valence-electron chi connectivity index (χ1n) is 9.20. The molecule has 1 heterocycles. The monoisotopic (exact) mass is 289 g/mol. The predicted molar refractivity (Wildman–Crippen MR) is 86.0 cm³/mol. The molecule has 0 aromatic heterocycles. The van der Waals surface area contributed by atoms with Crippen LogP contribution in [-0.2, 0) is 0 Å². The molecule has 4 atom stereocenters. The van der Waals surface area contributed by atoms with Gasteiger partial charge in [0, 0.05) is 12.1 Å². The molecular weight excluding hydrogens is 258 g/mol. The molecule has 3 heteroatoms. The zero-order valence-corrected chi connectivity index (χ0v) is 13.6. The van der Waals surface area contributed by atoms with E-state index < -0.39 is 0 Å². The quantitative estimate of drug-likeness (QED) is 0.865. The maximum absolute atomic E-state index is 9.69. The largest absolute Gasteiger partial charge is 0.300 e. The summed E-state index contributed by atoms with van der Waals surface area (Å²) in [6, 6.07) is 4.09. The molecule has 1 N–H and O–H groups in total. The van der Waals surface area contributed by atoms with Crippen LogP contribution in [0.1, 0.15) is 71.1 Å². The minimum atomic E-state index is -0.251. The number of fused-ring (bicyclic) bond motifs is 1. The third kappa shape index (κ3) is 3.12. The van der Waals surface area contributed by atoms with Crippen molar-refractivity contribution in [3.05, 3.63) is 0 Å². The Kier molecular flexibility index (Phi) is 4.86. The van der Waals surface area contributed by atoms with Gasteiger partial charge in [0.1, 0.15) is 5.54 Å². The Morgan fingerprint density at radius 3 is 2.76 bits per heavy atom. The number of nitrogens with zero attached hydrogens (tertiary/aromatic N) is 2. The van der Waals surface area contributed by atoms with E-state index in [1.54, 1.807) is 0 Å². The number of nitrogens with one attached hydrogen (secondary N) is 1. The molecule has 3 fully saturated rings. The minimum absolute atomic E-state index is 0.251. The second kappa shape index (κ2) is 6.67. The smallest absolute Gasteiger partial charge is 0.108 e. The fourth-order valence-corrected chi connectivity index (χ4v) is 5.29. The number of hydrogen-bond donors (Lipinski definition) is 1. The molecule has 0 aromatic rings. The molecule has 3 aliphatic rings. The topological polar surface area (TPSA) is 39.1 Å². The second-order valence-electron chi connectivity index (χ2n) is 7.47. The van der Waals surface area contributed by atoms with E-state index >= 15 is 0 Å². The van der Waals surface area contributed by atoms with E-state index in [9.17, 15) is 5.26 Å². The molecule has 2 unspecified atom stereocenters. The summed E-state index contributed by atoms with van der Waals surface area (Å²) in [7, 11) is 0. The lowest BCUT2D eigenvalue weighted by Gasteiger charge is -2.50. The Bertz CT molecular complexity index is 382. The van der Waals surface area contributed by atoms with Crippen molar-refractivity contribution in [2.75, 3.05) is 13.1 Å². The molecule has 0 radical (unpaired) electrons. The van der Waals surface area contributed by atoms with Gasteiger partial charge in [0.15, 0.2) is 0 Å². The fraction of sp³-hybridized carbons (Fsp3) is 0.944. The van der Waals surface area contributed by atoms with Gasteiger partial charge >= 0.3 is 0 Å². The van der Waals surface area contributed by atoms with Gasteiger partial charge in [-0.25, -0.2) is 0 Å². The number of hydrogen-bond acceptors (Lipinski definition) is 3. The van der Waals surface area contributed by atoms with E-state index in [-0.39, 0.29) is 5.54 Å². The predicted octanol–water partition coefficient (Wildman–Crippen LogP) is 3.46. The van der Waals surface area contributed by atoms with E-state index in [2.05, 4.69) is 23.2 Å². The number of likely N-dealkylation sites (tertiary alicyclic amines) is 1. The molecule has 0 aromatic carbocycles. The van der Waals surface area contributed by atoms with Crippen molar-refractivity contribution in [2.45, 2.75) is 88.8 Å². The first-order valence-corrected chi connectivity index (χ1v) is 9.20. The van der Waals surface area contributed by atoms with Gasteiger partial charge in [-0.1, -0.05) is 19.8 Å². The van der Waals surface area contributed by atoms with E-state index in [1.165, 1.54) is 57.9 Å². The van der Waals surface area contributed by atoms with Crippen LogP contribution in [0, 0.1) is 17.2 Å². The molecule has 1 saturated heterocycles. The van der Waals surface area contributed by atoms with Gasteiger partial charge < -0.3 is 0 Å². The lowest BCUT2D eigenvalue weighted by atomic mass is 9.74. The molecule has 2 aliphatic carbocycles. The molecule has 3 nitrogen and oxygen atoms in total. The summed E-state index contributed by atoms with van der Waals surface area (Å²) < 4.78 is 0. The standard InChI is InChI=1S/C18H31N3/c1-2-20-18(14-19)11-5-9-16(13-18)21-12-6-8-15-7-3-4-10-17(15)21/h15-17,20H,2-13H2,1H3/t15-,16?,17-,18?/m1/s1. The molecule has 3 rings (SSSR count). The molecular formula is C18H31N3. The first kappa shape index (κ1) is 15.3. The van der Waals surface area contributed by atoms with Gasteiger partial charge in [-0.2, -0.15) is 5.26 Å². The summed E-state index contributed by atoms with van der Waals surface area (Å²) in [4.78, 5) is 2.83. The molecule has 0 spiro atoms. The third-order valence-electron chi connectivity index (χ3n) is 6.21. The van der Waals surface area contributed by atoms with Crippen LogP contribution in [0.25, 0.3) is 0 Å². The van der Waals surface area contributed by atoms with Gasteiger partial charge in [0.25, 0.3) is 0 Å². The molecule has 118 valence electrons. The first-order chi connectivity index (χ1) is 10.3. The highest BCUT2D eigenvalue weighted by Crippen LogP contribution is 2.40. The van der Waals surface area contributed by atoms with Crippen molar-refractivity contribution < 1.29 is 0 Å². The molecule has 1 aliphatic heterocycles. The number of piperidine rings is 1. The van der Waals surface area contributed by atoms with Crippen LogP contribution in [0.5, 0.6) is 0 Å². The number of nitriles is 1. The van der Waals surface area contributed by atoms with Gasteiger partial charge in [-0.05, 0) is 70.4 Å². The van der Waals surface area contributed by atoms with Crippen LogP contribution >= 0.6 is 0 Å². The highest BCUT2D eigenvalue weighted by Gasteiger charge is 2.42. The van der Waals surface area contributed by atoms with Crippen LogP contribution in [0.3, 0.4) is 0 Å². The minimum Gasteiger partial charge on any atom is -0.300 e. The maximum Gasteiger partial charge on any atom is 0.108 e. The Balaban J connectivity index is 1.71. The molecule has 0 amide bonds. The van der Waals surface area contributed by atoms with Crippen molar-refractivity contribution in [3.8, 4) is 6.07 Å². The fourth-order valence-electron chi connectivity index (χ4n) is 5.29. The lowest BCUT2D eigenvalue weighted by molar-refractivity contribution is 0.00291. The Morgan fingerprint density at radius 1 is 1.14 bits per heavy atom. The molecule has 2 saturated carbocycles. The summed E-state index contributed by atoms with van der Waals surface area (Å²) in [5, 5.41) is 13.2. The van der Waals surface area contributed by atoms with Crippen LogP contribution < -0.4 is 5.32 Å². The van der Waals surface area contributed by atoms with Crippen LogP contribution in [0.15, 0.2) is 0 Å². The average Bonchev–Trinajstić information content (AvgIpc) is 2.55. The highest BCUT2D eigenvalue weighted by molar-refractivity contribution is 5.11. The zero-order chi connectivity index (χ0) is 14.7. The van der Waals surface area contributed by atoms with Crippen molar-refractivity contribution in [1.82, 2.24) is 10.2 Å². The van der Waals surface area contributed by atoms with E-state index in [0.717, 1.165) is 31.3 Å². The van der Waals surface area contributed by atoms with Gasteiger partial charge in [-0.15, -0.1) is 0 Å². The van der Waals surface area contributed by atoms with Gasteiger partial charge in [0.05, 0.1) is 6.07 Å². The van der Waals surface area contributed by atoms with Crippen molar-refractivity contribution in [1.29, 1.82) is 5.26 Å². The Labute approximate surface area is 130 Å². The zero-order valence-electron chi connectivity index (χ0n) is 13.6. The SMILES string of the molecule is CCNC1(C#N)CCCC(N2CCC[C@H]3CCCC[C@H]32)C1.